The molecule has 3 N–H and O–H groups in total. The van der Waals surface area contributed by atoms with Crippen molar-refractivity contribution in [1.29, 1.82) is 0 Å². The summed E-state index contributed by atoms with van der Waals surface area (Å²) in [6, 6.07) is 0. The normalized spacial score (nSPS) is 45.0. The van der Waals surface area contributed by atoms with Gasteiger partial charge >= 0.3 is 0 Å². The number of hydrogen-bond donors (Lipinski definition) is 3. The fourth-order valence-corrected chi connectivity index (χ4v) is 0.752. The summed E-state index contributed by atoms with van der Waals surface area (Å²) in [7, 11) is 0. The minimum atomic E-state index is -0.914. The van der Waals surface area contributed by atoms with Crippen LogP contribution in [0.25, 0.3) is 0 Å². The van der Waals surface area contributed by atoms with Crippen LogP contribution >= 0.6 is 0 Å². The van der Waals surface area contributed by atoms with Gasteiger partial charge in [-0.05, 0) is 0 Å². The fourth-order valence-electron chi connectivity index (χ4n) is 0.752. The molecular formula is C5H10O4. The maximum absolute atomic E-state index is 8.86. The average Bonchev–Trinajstić information content (AvgIpc) is 1.80. The predicted molar refractivity (Wildman–Crippen MR) is 28.6 cm³/mol. The van der Waals surface area contributed by atoms with Gasteiger partial charge in [-0.15, -0.1) is 0 Å². The zero-order valence-corrected chi connectivity index (χ0v) is 4.90. The highest BCUT2D eigenvalue weighted by atomic mass is 16.8. The second kappa shape index (κ2) is 2.62. The Labute approximate surface area is 52.7 Å². The Hall–Kier alpha value is -0.160. The van der Waals surface area contributed by atoms with E-state index in [1.54, 1.807) is 0 Å². The third kappa shape index (κ3) is 1.62. The number of ether oxygens (including phenoxy) is 1. The van der Waals surface area contributed by atoms with Crippen LogP contribution in [0.3, 0.4) is 0 Å². The highest BCUT2D eigenvalue weighted by Gasteiger charge is 2.26. The van der Waals surface area contributed by atoms with Crippen molar-refractivity contribution in [3.63, 3.8) is 0 Å². The molecule has 54 valence electrons. The van der Waals surface area contributed by atoms with Crippen molar-refractivity contribution in [2.24, 2.45) is 0 Å². The molecule has 1 aliphatic heterocycles. The van der Waals surface area contributed by atoms with Crippen molar-refractivity contribution in [2.45, 2.75) is 24.9 Å². The van der Waals surface area contributed by atoms with E-state index < -0.39 is 18.5 Å². The van der Waals surface area contributed by atoms with E-state index in [9.17, 15) is 0 Å². The second-order valence-electron chi connectivity index (χ2n) is 2.16. The summed E-state index contributed by atoms with van der Waals surface area (Å²) in [5, 5.41) is 26.4. The second-order valence-corrected chi connectivity index (χ2v) is 2.16. The molecule has 0 amide bonds. The van der Waals surface area contributed by atoms with Crippen LogP contribution in [-0.4, -0.2) is 40.4 Å². The van der Waals surface area contributed by atoms with Gasteiger partial charge in [-0.3, -0.25) is 0 Å². The molecule has 0 saturated carbocycles. The predicted octanol–water partition coefficient (Wildman–Crippen LogP) is -1.55. The van der Waals surface area contributed by atoms with E-state index in [0.29, 0.717) is 0 Å². The largest absolute Gasteiger partial charge is 0.390 e. The summed E-state index contributed by atoms with van der Waals surface area (Å²) >= 11 is 0. The van der Waals surface area contributed by atoms with E-state index >= 15 is 0 Å². The lowest BCUT2D eigenvalue weighted by atomic mass is 11.1. The van der Waals surface area contributed by atoms with Gasteiger partial charge < -0.3 is 20.1 Å². The maximum atomic E-state index is 8.86. The molecule has 0 aliphatic carbocycles. The van der Waals surface area contributed by atoms with Crippen LogP contribution in [0, 0.1) is 0 Å². The summed E-state index contributed by atoms with van der Waals surface area (Å²) < 4.78 is 4.61. The van der Waals surface area contributed by atoms with Gasteiger partial charge in [-0.25, -0.2) is 0 Å². The van der Waals surface area contributed by atoms with Gasteiger partial charge in [0.25, 0.3) is 0 Å². The van der Waals surface area contributed by atoms with Gasteiger partial charge in [-0.2, -0.15) is 0 Å². The minimum absolute atomic E-state index is 0.0162. The van der Waals surface area contributed by atoms with Gasteiger partial charge in [0.15, 0.2) is 6.29 Å². The molecule has 1 rings (SSSR count). The standard InChI is InChI=1S/C5H10O4/c6-3-1-5(8)9-2-4(3)7/h3-8H,1-2H2/t3-,4+,5?/m0/s1/i1+1,2+1,3+1,4+1,5+1. The Morgan fingerprint density at radius 2 is 1.78 bits per heavy atom. The lowest BCUT2D eigenvalue weighted by molar-refractivity contribution is -0.193. The van der Waals surface area contributed by atoms with Crippen LogP contribution in [0.1, 0.15) is 6.42 Å². The van der Waals surface area contributed by atoms with Crippen LogP contribution < -0.4 is 0 Å². The van der Waals surface area contributed by atoms with E-state index in [0.717, 1.165) is 0 Å². The van der Waals surface area contributed by atoms with E-state index in [1.807, 2.05) is 0 Å². The summed E-state index contributed by atoms with van der Waals surface area (Å²) in [4.78, 5) is 0. The van der Waals surface area contributed by atoms with Crippen LogP contribution in [-0.2, 0) is 4.74 Å². The molecule has 0 radical (unpaired) electrons. The van der Waals surface area contributed by atoms with Crippen LogP contribution in [0.15, 0.2) is 0 Å². The van der Waals surface area contributed by atoms with E-state index in [2.05, 4.69) is 4.74 Å². The number of aliphatic hydroxyl groups is 3. The number of rotatable bonds is 0. The molecule has 1 saturated heterocycles. The van der Waals surface area contributed by atoms with Crippen LogP contribution in [0.4, 0.5) is 0 Å². The smallest absolute Gasteiger partial charge is 0.157 e. The Morgan fingerprint density at radius 1 is 1.11 bits per heavy atom. The molecule has 1 heterocycles. The molecule has 0 bridgehead atoms. The average molecular weight is 139 g/mol. The van der Waals surface area contributed by atoms with E-state index in [1.165, 1.54) is 0 Å². The Balaban J connectivity index is 2.35. The summed E-state index contributed by atoms with van der Waals surface area (Å²) in [5.74, 6) is 0. The number of aliphatic hydroxyl groups excluding tert-OH is 3. The summed E-state index contributed by atoms with van der Waals surface area (Å²) in [5.41, 5.74) is 0. The first-order valence-electron chi connectivity index (χ1n) is 2.86. The number of hydrogen-bond acceptors (Lipinski definition) is 4. The molecule has 4 heteroatoms. The first kappa shape index (κ1) is 6.95. The molecular weight excluding hydrogens is 129 g/mol. The van der Waals surface area contributed by atoms with Crippen LogP contribution in [0.5, 0.6) is 0 Å². The van der Waals surface area contributed by atoms with Crippen molar-refractivity contribution in [3.8, 4) is 0 Å². The first-order chi connectivity index (χ1) is 4.20. The lowest BCUT2D eigenvalue weighted by Gasteiger charge is -2.26. The molecule has 1 unspecified atom stereocenters. The van der Waals surface area contributed by atoms with E-state index in [-0.39, 0.29) is 13.0 Å². The van der Waals surface area contributed by atoms with Crippen molar-refractivity contribution >= 4 is 0 Å². The van der Waals surface area contributed by atoms with Crippen molar-refractivity contribution < 1.29 is 20.1 Å². The zero-order chi connectivity index (χ0) is 6.85. The van der Waals surface area contributed by atoms with Crippen molar-refractivity contribution in [2.75, 3.05) is 6.61 Å². The van der Waals surface area contributed by atoms with Crippen molar-refractivity contribution in [1.82, 2.24) is 0 Å². The molecule has 0 aromatic rings. The molecule has 0 aromatic carbocycles. The topological polar surface area (TPSA) is 69.9 Å². The molecule has 9 heavy (non-hydrogen) atoms. The highest BCUT2D eigenvalue weighted by molar-refractivity contribution is 4.72. The summed E-state index contributed by atoms with van der Waals surface area (Å²) in [6.45, 7) is 0.0162. The fraction of sp³-hybridized carbons (Fsp3) is 1.00. The monoisotopic (exact) mass is 139 g/mol. The zero-order valence-electron chi connectivity index (χ0n) is 4.90. The minimum Gasteiger partial charge on any atom is -0.390 e. The van der Waals surface area contributed by atoms with Gasteiger partial charge in [0, 0.05) is 6.42 Å². The van der Waals surface area contributed by atoms with Gasteiger partial charge in [0.2, 0.25) is 0 Å². The first-order valence-corrected chi connectivity index (χ1v) is 2.86. The molecule has 1 aliphatic rings. The van der Waals surface area contributed by atoms with Gasteiger partial charge in [0.1, 0.15) is 6.10 Å². The third-order valence-corrected chi connectivity index (χ3v) is 1.35. The molecule has 3 atom stereocenters. The van der Waals surface area contributed by atoms with Gasteiger partial charge in [0.05, 0.1) is 12.7 Å². The third-order valence-electron chi connectivity index (χ3n) is 1.35. The molecule has 4 nitrogen and oxygen atoms in total. The molecule has 0 aromatic heterocycles. The molecule has 0 spiro atoms. The Bertz CT molecular complexity index is 95.0. The summed E-state index contributed by atoms with van der Waals surface area (Å²) in [6.07, 6.45) is -2.49. The quantitative estimate of drug-likeness (QED) is 0.355. The Kier molecular flexibility index (Phi) is 2.02. The SMILES string of the molecule is O[13CH]1[13CH2][13C@H](O)[13C@H](O)[13CH2]O1. The molecule has 1 fully saturated rings. The van der Waals surface area contributed by atoms with Crippen molar-refractivity contribution in [3.05, 3.63) is 0 Å². The Morgan fingerprint density at radius 3 is 2.22 bits per heavy atom. The van der Waals surface area contributed by atoms with Gasteiger partial charge in [-0.1, -0.05) is 0 Å². The maximum Gasteiger partial charge on any atom is 0.157 e. The lowest BCUT2D eigenvalue weighted by Crippen LogP contribution is -2.40. The van der Waals surface area contributed by atoms with Crippen LogP contribution in [0.2, 0.25) is 0 Å². The highest BCUT2D eigenvalue weighted by Crippen LogP contribution is 2.11. The van der Waals surface area contributed by atoms with E-state index in [4.69, 9.17) is 15.3 Å².